The van der Waals surface area contributed by atoms with Gasteiger partial charge in [0, 0.05) is 12.2 Å². The Bertz CT molecular complexity index is 800. The molecule has 6 nitrogen and oxygen atoms in total. The second-order valence-electron chi connectivity index (χ2n) is 6.35. The molecule has 0 saturated heterocycles. The van der Waals surface area contributed by atoms with Gasteiger partial charge in [-0.3, -0.25) is 4.79 Å². The van der Waals surface area contributed by atoms with Gasteiger partial charge in [0.25, 0.3) is 0 Å². The van der Waals surface area contributed by atoms with E-state index in [1.807, 2.05) is 66.9 Å². The summed E-state index contributed by atoms with van der Waals surface area (Å²) in [6.45, 7) is 6.22. The lowest BCUT2D eigenvalue weighted by Crippen LogP contribution is -3.06. The number of ketones is 1. The van der Waals surface area contributed by atoms with E-state index in [0.29, 0.717) is 12.2 Å². The summed E-state index contributed by atoms with van der Waals surface area (Å²) in [5, 5.41) is 17.2. The number of nitrogens with one attached hydrogen (secondary N) is 1. The zero-order chi connectivity index (χ0) is 22.4. The van der Waals surface area contributed by atoms with Crippen LogP contribution in [0.25, 0.3) is 0 Å². The van der Waals surface area contributed by atoms with Gasteiger partial charge in [-0.15, -0.1) is 0 Å². The molecule has 0 heterocycles. The van der Waals surface area contributed by atoms with Crippen molar-refractivity contribution in [3.05, 3.63) is 96.2 Å². The highest BCUT2D eigenvalue weighted by Crippen LogP contribution is 2.25. The van der Waals surface area contributed by atoms with Gasteiger partial charge in [-0.05, 0) is 31.1 Å². The van der Waals surface area contributed by atoms with Crippen molar-refractivity contribution < 1.29 is 29.5 Å². The lowest BCUT2D eigenvalue weighted by Gasteiger charge is -2.15. The predicted molar refractivity (Wildman–Crippen MR) is 113 cm³/mol. The molecule has 2 aromatic carbocycles. The van der Waals surface area contributed by atoms with Crippen molar-refractivity contribution in [2.45, 2.75) is 19.8 Å². The standard InChI is InChI=1S/C20H23NO.C4H4O4/c1-3-21(4-2)16-15-19(22)20(17-11-7-5-8-12-17)18-13-9-6-10-14-18;5-3(6)1-2-4(7)8/h5-16,20H,3-4H2,1-2H3;1-2H,(H,5,6)(H,7,8)/b16-15+;2-1-. The van der Waals surface area contributed by atoms with Crippen molar-refractivity contribution in [3.8, 4) is 0 Å². The van der Waals surface area contributed by atoms with Gasteiger partial charge < -0.3 is 19.9 Å². The first-order chi connectivity index (χ1) is 14.4. The number of carbonyl (C=O) groups is 3. The number of carboxylic acid groups (broad SMARTS) is 2. The summed E-state index contributed by atoms with van der Waals surface area (Å²) in [5.74, 6) is -2.90. The maximum absolute atomic E-state index is 12.8. The molecular weight excluding hydrogens is 382 g/mol. The quantitative estimate of drug-likeness (QED) is 0.607. The summed E-state index contributed by atoms with van der Waals surface area (Å²) in [6, 6.07) is 20.0. The second kappa shape index (κ2) is 13.6. The fourth-order valence-electron chi connectivity index (χ4n) is 2.73. The number of hydrogen-bond acceptors (Lipinski definition) is 4. The molecule has 0 aromatic heterocycles. The minimum atomic E-state index is -1.51. The Hall–Kier alpha value is -3.51. The van der Waals surface area contributed by atoms with Crippen molar-refractivity contribution in [1.29, 1.82) is 0 Å². The Balaban J connectivity index is 0.000000479. The highest BCUT2D eigenvalue weighted by atomic mass is 16.4. The van der Waals surface area contributed by atoms with E-state index in [2.05, 4.69) is 13.8 Å². The third kappa shape index (κ3) is 9.12. The Labute approximate surface area is 176 Å². The van der Waals surface area contributed by atoms with Gasteiger partial charge in [-0.25, -0.2) is 4.79 Å². The first kappa shape index (κ1) is 24.5. The molecule has 0 fully saturated rings. The normalized spacial score (nSPS) is 10.9. The molecular formula is C24H27NO5. The van der Waals surface area contributed by atoms with Crippen LogP contribution in [0.4, 0.5) is 0 Å². The summed E-state index contributed by atoms with van der Waals surface area (Å²) < 4.78 is 0. The molecule has 158 valence electrons. The molecule has 2 aromatic rings. The number of rotatable bonds is 9. The summed E-state index contributed by atoms with van der Waals surface area (Å²) in [4.78, 5) is 33.0. The number of benzene rings is 2. The fourth-order valence-corrected chi connectivity index (χ4v) is 2.73. The first-order valence-corrected chi connectivity index (χ1v) is 9.67. The Morgan fingerprint density at radius 3 is 1.67 bits per heavy atom. The number of hydrogen-bond donors (Lipinski definition) is 2. The van der Waals surface area contributed by atoms with Crippen LogP contribution in [0.2, 0.25) is 0 Å². The minimum absolute atomic E-state index is 0.136. The van der Waals surface area contributed by atoms with Crippen LogP contribution in [0.3, 0.4) is 0 Å². The van der Waals surface area contributed by atoms with E-state index in [0.717, 1.165) is 24.2 Å². The molecule has 0 bridgehead atoms. The fraction of sp³-hybridized carbons (Fsp3) is 0.208. The van der Waals surface area contributed by atoms with Crippen molar-refractivity contribution in [2.24, 2.45) is 0 Å². The Morgan fingerprint density at radius 2 is 1.33 bits per heavy atom. The number of carboxylic acids is 2. The molecule has 6 heteroatoms. The summed E-state index contributed by atoms with van der Waals surface area (Å²) in [7, 11) is 0. The number of aliphatic carboxylic acids is 2. The first-order valence-electron chi connectivity index (χ1n) is 9.67. The molecule has 0 aliphatic carbocycles. The van der Waals surface area contributed by atoms with Crippen molar-refractivity contribution in [2.75, 3.05) is 13.1 Å². The summed E-state index contributed by atoms with van der Waals surface area (Å²) in [5.41, 5.74) is 2.08. The average molecular weight is 409 g/mol. The molecule has 0 amide bonds. The zero-order valence-corrected chi connectivity index (χ0v) is 17.2. The maximum atomic E-state index is 12.8. The Kier molecular flexibility index (Phi) is 11.1. The van der Waals surface area contributed by atoms with E-state index < -0.39 is 11.9 Å². The molecule has 0 unspecified atom stereocenters. The van der Waals surface area contributed by atoms with Gasteiger partial charge in [0.05, 0.1) is 31.2 Å². The number of quaternary nitrogens is 1. The van der Waals surface area contributed by atoms with Crippen molar-refractivity contribution in [1.82, 2.24) is 0 Å². The van der Waals surface area contributed by atoms with Gasteiger partial charge in [-0.1, -0.05) is 60.7 Å². The van der Waals surface area contributed by atoms with Crippen LogP contribution >= 0.6 is 0 Å². The average Bonchev–Trinajstić information content (AvgIpc) is 2.75. The topological polar surface area (TPSA) is 98.9 Å². The zero-order valence-electron chi connectivity index (χ0n) is 17.2. The van der Waals surface area contributed by atoms with Crippen LogP contribution in [-0.2, 0) is 14.4 Å². The van der Waals surface area contributed by atoms with Crippen LogP contribution in [-0.4, -0.2) is 35.9 Å². The molecule has 0 radical (unpaired) electrons. The van der Waals surface area contributed by atoms with Crippen LogP contribution in [0.5, 0.6) is 0 Å². The van der Waals surface area contributed by atoms with Gasteiger partial charge in [0.2, 0.25) is 0 Å². The van der Waals surface area contributed by atoms with Crippen molar-refractivity contribution >= 4 is 17.7 Å². The Morgan fingerprint density at radius 1 is 0.867 bits per heavy atom. The number of allylic oxidation sites excluding steroid dienone is 1. The molecule has 2 N–H and O–H groups in total. The van der Waals surface area contributed by atoms with Gasteiger partial charge in [0.15, 0.2) is 5.78 Å². The second-order valence-corrected chi connectivity index (χ2v) is 6.35. The predicted octanol–water partition coefficient (Wildman–Crippen LogP) is 1.20. The van der Waals surface area contributed by atoms with Gasteiger partial charge in [0.1, 0.15) is 0 Å². The van der Waals surface area contributed by atoms with Gasteiger partial charge in [-0.2, -0.15) is 0 Å². The number of carbonyl (C=O) groups excluding carboxylic acids is 2. The van der Waals surface area contributed by atoms with E-state index in [9.17, 15) is 19.5 Å². The van der Waals surface area contributed by atoms with Crippen LogP contribution in [0, 0.1) is 0 Å². The molecule has 0 aliphatic heterocycles. The third-order valence-electron chi connectivity index (χ3n) is 4.30. The summed E-state index contributed by atoms with van der Waals surface area (Å²) >= 11 is 0. The van der Waals surface area contributed by atoms with Crippen LogP contribution < -0.4 is 10.0 Å². The van der Waals surface area contributed by atoms with E-state index in [-0.39, 0.29) is 11.7 Å². The highest BCUT2D eigenvalue weighted by Gasteiger charge is 2.20. The largest absolute Gasteiger partial charge is 0.545 e. The molecule has 2 rings (SSSR count). The molecule has 0 saturated carbocycles. The SMILES string of the molecule is CC[NH+](/C=C/C(=O)C(c1ccccc1)c1ccccc1)CC.O=C([O-])/C=C\C(=O)O. The van der Waals surface area contributed by atoms with Gasteiger partial charge >= 0.3 is 5.97 Å². The van der Waals surface area contributed by atoms with E-state index >= 15 is 0 Å². The molecule has 30 heavy (non-hydrogen) atoms. The van der Waals surface area contributed by atoms with E-state index in [4.69, 9.17) is 5.11 Å². The molecule has 0 atom stereocenters. The van der Waals surface area contributed by atoms with Crippen LogP contribution in [0.1, 0.15) is 30.9 Å². The van der Waals surface area contributed by atoms with E-state index in [1.54, 1.807) is 6.08 Å². The van der Waals surface area contributed by atoms with E-state index in [1.165, 1.54) is 4.90 Å². The molecule has 0 spiro atoms. The lowest BCUT2D eigenvalue weighted by atomic mass is 9.87. The monoisotopic (exact) mass is 409 g/mol. The van der Waals surface area contributed by atoms with Crippen LogP contribution in [0.15, 0.2) is 85.1 Å². The summed E-state index contributed by atoms with van der Waals surface area (Å²) in [6.07, 6.45) is 4.67. The minimum Gasteiger partial charge on any atom is -0.545 e. The third-order valence-corrected chi connectivity index (χ3v) is 4.30. The van der Waals surface area contributed by atoms with Crippen molar-refractivity contribution in [3.63, 3.8) is 0 Å². The maximum Gasteiger partial charge on any atom is 0.328 e. The smallest absolute Gasteiger partial charge is 0.328 e. The molecule has 0 aliphatic rings. The highest BCUT2D eigenvalue weighted by molar-refractivity contribution is 5.97. The lowest BCUT2D eigenvalue weighted by molar-refractivity contribution is -0.842.